The highest BCUT2D eigenvalue weighted by Crippen LogP contribution is 2.12. The minimum absolute atomic E-state index is 0.0204. The summed E-state index contributed by atoms with van der Waals surface area (Å²) in [5, 5.41) is 14.4. The number of hydrogen-bond donors (Lipinski definition) is 1. The van der Waals surface area contributed by atoms with E-state index in [0.717, 1.165) is 0 Å². The number of nitrogens with one attached hydrogen (secondary N) is 1. The summed E-state index contributed by atoms with van der Waals surface area (Å²) in [5.41, 5.74) is 3.51. The summed E-state index contributed by atoms with van der Waals surface area (Å²) in [6.07, 6.45) is 2.06. The molecule has 1 saturated heterocycles. The van der Waals surface area contributed by atoms with E-state index < -0.39 is 14.8 Å². The number of nitrogens with zero attached hydrogens (tertiary/aromatic N) is 2. The van der Waals surface area contributed by atoms with Gasteiger partial charge in [-0.1, -0.05) is 0 Å². The molecule has 0 saturated carbocycles. The molecule has 2 rings (SSSR count). The standard InChI is InChI=1S/C11H13N3O4S/c15-14(16)11-3-1-9(2-4-11)7-12-13-10-5-6-19(17,18)8-10/h1-4,7,10,13H,5-6,8H2. The van der Waals surface area contributed by atoms with Gasteiger partial charge in [-0.15, -0.1) is 0 Å². The molecule has 0 amide bonds. The summed E-state index contributed by atoms with van der Waals surface area (Å²) < 4.78 is 22.4. The van der Waals surface area contributed by atoms with Crippen molar-refractivity contribution in [3.63, 3.8) is 0 Å². The van der Waals surface area contributed by atoms with Crippen molar-refractivity contribution in [2.24, 2.45) is 5.10 Å². The van der Waals surface area contributed by atoms with Gasteiger partial charge in [-0.25, -0.2) is 8.42 Å². The van der Waals surface area contributed by atoms with Gasteiger partial charge in [0.2, 0.25) is 0 Å². The number of non-ortho nitro benzene ring substituents is 1. The van der Waals surface area contributed by atoms with Crippen molar-refractivity contribution in [3.05, 3.63) is 39.9 Å². The highest BCUT2D eigenvalue weighted by Gasteiger charge is 2.27. The van der Waals surface area contributed by atoms with Crippen LogP contribution in [0, 0.1) is 10.1 Å². The second-order valence-corrected chi connectivity index (χ2v) is 6.56. The molecule has 7 nitrogen and oxygen atoms in total. The van der Waals surface area contributed by atoms with Gasteiger partial charge in [-0.2, -0.15) is 5.10 Å². The summed E-state index contributed by atoms with van der Waals surface area (Å²) in [6.45, 7) is 0. The zero-order valence-electron chi connectivity index (χ0n) is 10.0. The molecule has 19 heavy (non-hydrogen) atoms. The largest absolute Gasteiger partial charge is 0.306 e. The molecular weight excluding hydrogens is 270 g/mol. The maximum absolute atomic E-state index is 11.2. The molecule has 0 aliphatic carbocycles. The van der Waals surface area contributed by atoms with Crippen molar-refractivity contribution in [1.82, 2.24) is 5.43 Å². The maximum atomic E-state index is 11.2. The molecule has 1 N–H and O–H groups in total. The van der Waals surface area contributed by atoms with Crippen LogP contribution in [0.15, 0.2) is 29.4 Å². The molecule has 1 fully saturated rings. The lowest BCUT2D eigenvalue weighted by Crippen LogP contribution is -2.25. The molecule has 102 valence electrons. The van der Waals surface area contributed by atoms with Crippen LogP contribution in [0.25, 0.3) is 0 Å². The second kappa shape index (κ2) is 5.35. The monoisotopic (exact) mass is 283 g/mol. The van der Waals surface area contributed by atoms with Gasteiger partial charge in [0, 0.05) is 12.1 Å². The predicted molar refractivity (Wildman–Crippen MR) is 70.9 cm³/mol. The van der Waals surface area contributed by atoms with Crippen LogP contribution in [-0.4, -0.2) is 37.1 Å². The average Bonchev–Trinajstić information content (AvgIpc) is 2.69. The molecule has 1 heterocycles. The van der Waals surface area contributed by atoms with E-state index in [1.54, 1.807) is 12.1 Å². The van der Waals surface area contributed by atoms with Gasteiger partial charge in [0.1, 0.15) is 0 Å². The van der Waals surface area contributed by atoms with Crippen molar-refractivity contribution < 1.29 is 13.3 Å². The van der Waals surface area contributed by atoms with Crippen molar-refractivity contribution in [2.45, 2.75) is 12.5 Å². The Morgan fingerprint density at radius 3 is 2.58 bits per heavy atom. The first-order chi connectivity index (χ1) is 8.96. The molecule has 1 unspecified atom stereocenters. The van der Waals surface area contributed by atoms with Crippen LogP contribution in [0.1, 0.15) is 12.0 Å². The van der Waals surface area contributed by atoms with Gasteiger partial charge < -0.3 is 5.43 Å². The van der Waals surface area contributed by atoms with Gasteiger partial charge in [0.05, 0.1) is 28.7 Å². The summed E-state index contributed by atoms with van der Waals surface area (Å²) in [6, 6.07) is 5.78. The first-order valence-corrected chi connectivity index (χ1v) is 7.52. The minimum atomic E-state index is -2.92. The summed E-state index contributed by atoms with van der Waals surface area (Å²) in [7, 11) is -2.92. The van der Waals surface area contributed by atoms with Crippen LogP contribution < -0.4 is 5.43 Å². The van der Waals surface area contributed by atoms with E-state index in [-0.39, 0.29) is 23.2 Å². The molecule has 1 aliphatic heterocycles. The number of benzene rings is 1. The molecule has 0 aromatic heterocycles. The van der Waals surface area contributed by atoms with E-state index in [0.29, 0.717) is 12.0 Å². The number of hydrogen-bond acceptors (Lipinski definition) is 6. The lowest BCUT2D eigenvalue weighted by atomic mass is 10.2. The Morgan fingerprint density at radius 1 is 1.37 bits per heavy atom. The fourth-order valence-corrected chi connectivity index (χ4v) is 3.46. The van der Waals surface area contributed by atoms with Crippen molar-refractivity contribution >= 4 is 21.7 Å². The Morgan fingerprint density at radius 2 is 2.05 bits per heavy atom. The summed E-state index contributed by atoms with van der Waals surface area (Å²) in [4.78, 5) is 9.99. The Balaban J connectivity index is 1.91. The normalized spacial score (nSPS) is 21.6. The third-order valence-corrected chi connectivity index (χ3v) is 4.58. The van der Waals surface area contributed by atoms with Gasteiger partial charge >= 0.3 is 0 Å². The Kier molecular flexibility index (Phi) is 3.79. The highest BCUT2D eigenvalue weighted by molar-refractivity contribution is 7.91. The van der Waals surface area contributed by atoms with Gasteiger partial charge in [-0.05, 0) is 24.1 Å². The zero-order valence-corrected chi connectivity index (χ0v) is 10.8. The van der Waals surface area contributed by atoms with Crippen molar-refractivity contribution in [2.75, 3.05) is 11.5 Å². The Bertz CT molecular complexity index is 595. The van der Waals surface area contributed by atoms with Crippen LogP contribution in [0.5, 0.6) is 0 Å². The van der Waals surface area contributed by atoms with Crippen molar-refractivity contribution in [1.29, 1.82) is 0 Å². The molecule has 1 aliphatic rings. The molecule has 8 heteroatoms. The topological polar surface area (TPSA) is 102 Å². The first kappa shape index (κ1) is 13.5. The van der Waals surface area contributed by atoms with Crippen LogP contribution in [0.2, 0.25) is 0 Å². The minimum Gasteiger partial charge on any atom is -0.306 e. The highest BCUT2D eigenvalue weighted by atomic mass is 32.2. The number of nitro groups is 1. The molecule has 0 radical (unpaired) electrons. The molecule has 0 bridgehead atoms. The van der Waals surface area contributed by atoms with E-state index in [4.69, 9.17) is 0 Å². The Hall–Kier alpha value is -1.96. The fourth-order valence-electron chi connectivity index (χ4n) is 1.80. The summed E-state index contributed by atoms with van der Waals surface area (Å²) >= 11 is 0. The second-order valence-electron chi connectivity index (χ2n) is 4.34. The average molecular weight is 283 g/mol. The number of rotatable bonds is 4. The Labute approximate surface area is 110 Å². The van der Waals surface area contributed by atoms with Crippen LogP contribution in [-0.2, 0) is 9.84 Å². The van der Waals surface area contributed by atoms with Gasteiger partial charge in [0.15, 0.2) is 9.84 Å². The van der Waals surface area contributed by atoms with E-state index in [1.807, 2.05) is 0 Å². The zero-order chi connectivity index (χ0) is 13.9. The van der Waals surface area contributed by atoms with Crippen LogP contribution >= 0.6 is 0 Å². The van der Waals surface area contributed by atoms with Crippen LogP contribution in [0.3, 0.4) is 0 Å². The van der Waals surface area contributed by atoms with Crippen molar-refractivity contribution in [3.8, 4) is 0 Å². The molecular formula is C11H13N3O4S. The van der Waals surface area contributed by atoms with E-state index in [1.165, 1.54) is 18.3 Å². The van der Waals surface area contributed by atoms with Gasteiger partial charge in [0.25, 0.3) is 5.69 Å². The summed E-state index contributed by atoms with van der Waals surface area (Å²) in [5.74, 6) is 0.294. The SMILES string of the molecule is O=[N+]([O-])c1ccc(C=NNC2CCS(=O)(=O)C2)cc1. The third-order valence-electron chi connectivity index (χ3n) is 2.81. The molecule has 1 aromatic rings. The molecule has 1 aromatic carbocycles. The lowest BCUT2D eigenvalue weighted by molar-refractivity contribution is -0.384. The maximum Gasteiger partial charge on any atom is 0.269 e. The molecule has 0 spiro atoms. The molecule has 1 atom stereocenters. The number of hydrazone groups is 1. The smallest absolute Gasteiger partial charge is 0.269 e. The number of sulfone groups is 1. The quantitative estimate of drug-likeness (QED) is 0.498. The first-order valence-electron chi connectivity index (χ1n) is 5.70. The number of nitro benzene ring substituents is 1. The van der Waals surface area contributed by atoms with E-state index in [2.05, 4.69) is 10.5 Å². The fraction of sp³-hybridized carbons (Fsp3) is 0.364. The lowest BCUT2D eigenvalue weighted by Gasteiger charge is -2.05. The van der Waals surface area contributed by atoms with Crippen LogP contribution in [0.4, 0.5) is 5.69 Å². The van der Waals surface area contributed by atoms with Gasteiger partial charge in [-0.3, -0.25) is 10.1 Å². The van der Waals surface area contributed by atoms with E-state index in [9.17, 15) is 18.5 Å². The van der Waals surface area contributed by atoms with E-state index >= 15 is 0 Å². The predicted octanol–water partition coefficient (Wildman–Crippen LogP) is 0.705. The third kappa shape index (κ3) is 3.75.